The van der Waals surface area contributed by atoms with Gasteiger partial charge in [-0.2, -0.15) is 0 Å². The lowest BCUT2D eigenvalue weighted by Crippen LogP contribution is -2.34. The van der Waals surface area contributed by atoms with Crippen LogP contribution in [-0.4, -0.2) is 36.0 Å². The lowest BCUT2D eigenvalue weighted by molar-refractivity contribution is -0.143. The summed E-state index contributed by atoms with van der Waals surface area (Å²) < 4.78 is 4.82. The second kappa shape index (κ2) is 13.6. The molecular weight excluding hydrogens is 426 g/mol. The summed E-state index contributed by atoms with van der Waals surface area (Å²) in [6.45, 7) is 0. The number of nitrogens with one attached hydrogen (secondary N) is 3. The van der Waals surface area contributed by atoms with Crippen LogP contribution in [0.15, 0.2) is 54.6 Å². The van der Waals surface area contributed by atoms with Crippen molar-refractivity contribution in [1.82, 2.24) is 10.8 Å². The topological polar surface area (TPSA) is 134 Å². The van der Waals surface area contributed by atoms with Crippen LogP contribution in [0.25, 0.3) is 0 Å². The molecule has 0 aromatic heterocycles. The van der Waals surface area contributed by atoms with E-state index in [2.05, 4.69) is 10.6 Å². The van der Waals surface area contributed by atoms with Crippen molar-refractivity contribution in [1.29, 1.82) is 0 Å². The molecule has 0 aliphatic carbocycles. The number of hydrogen-bond donors (Lipinski definition) is 4. The standard InChI is InChI=1S/C24H29N3O6/c1-33-24(31)22(17-10-5-4-6-11-17)26-23(30)18-12-9-13-19(16-18)25-20(28)14-7-2-3-8-15-21(29)27-32/h4-6,9-13,16,22,32H,2-3,7-8,14-15H2,1H3,(H,25,28)(H,26,30)(H,27,29)/t22-/m0/s1. The Kier molecular flexibility index (Phi) is 10.6. The summed E-state index contributed by atoms with van der Waals surface area (Å²) in [6, 6.07) is 14.3. The summed E-state index contributed by atoms with van der Waals surface area (Å²) in [4.78, 5) is 48.1. The monoisotopic (exact) mass is 455 g/mol. The van der Waals surface area contributed by atoms with Gasteiger partial charge in [0.1, 0.15) is 0 Å². The largest absolute Gasteiger partial charge is 0.467 e. The maximum atomic E-state index is 12.8. The first-order valence-electron chi connectivity index (χ1n) is 10.7. The number of methoxy groups -OCH3 is 1. The fourth-order valence-corrected chi connectivity index (χ4v) is 3.20. The molecule has 9 nitrogen and oxygen atoms in total. The average molecular weight is 456 g/mol. The highest BCUT2D eigenvalue weighted by Gasteiger charge is 2.24. The molecule has 0 bridgehead atoms. The van der Waals surface area contributed by atoms with Crippen LogP contribution < -0.4 is 16.1 Å². The van der Waals surface area contributed by atoms with E-state index in [0.717, 1.165) is 12.8 Å². The van der Waals surface area contributed by atoms with Gasteiger partial charge in [-0.3, -0.25) is 19.6 Å². The lowest BCUT2D eigenvalue weighted by Gasteiger charge is -2.17. The van der Waals surface area contributed by atoms with Gasteiger partial charge in [0, 0.05) is 24.1 Å². The fraction of sp³-hybridized carbons (Fsp3) is 0.333. The van der Waals surface area contributed by atoms with Crippen LogP contribution in [0.3, 0.4) is 0 Å². The highest BCUT2D eigenvalue weighted by Crippen LogP contribution is 2.17. The summed E-state index contributed by atoms with van der Waals surface area (Å²) in [6.07, 6.45) is 3.41. The third-order valence-electron chi connectivity index (χ3n) is 4.94. The van der Waals surface area contributed by atoms with E-state index in [1.54, 1.807) is 54.0 Å². The molecule has 0 unspecified atom stereocenters. The number of esters is 1. The van der Waals surface area contributed by atoms with Gasteiger partial charge < -0.3 is 15.4 Å². The molecule has 0 saturated carbocycles. The van der Waals surface area contributed by atoms with Crippen molar-refractivity contribution in [3.63, 3.8) is 0 Å². The molecule has 0 spiro atoms. The maximum Gasteiger partial charge on any atom is 0.333 e. The van der Waals surface area contributed by atoms with E-state index < -0.39 is 23.8 Å². The van der Waals surface area contributed by atoms with Crippen LogP contribution in [-0.2, 0) is 19.1 Å². The molecule has 2 aromatic rings. The second-order valence-corrected chi connectivity index (χ2v) is 7.42. The van der Waals surface area contributed by atoms with Crippen LogP contribution in [0.1, 0.15) is 60.5 Å². The van der Waals surface area contributed by atoms with Crippen LogP contribution in [0.5, 0.6) is 0 Å². The Hall–Kier alpha value is -3.72. The van der Waals surface area contributed by atoms with Gasteiger partial charge in [-0.25, -0.2) is 10.3 Å². The third-order valence-corrected chi connectivity index (χ3v) is 4.94. The van der Waals surface area contributed by atoms with Crippen molar-refractivity contribution < 1.29 is 29.1 Å². The molecule has 0 saturated heterocycles. The number of rotatable bonds is 12. The van der Waals surface area contributed by atoms with Crippen molar-refractivity contribution in [3.05, 3.63) is 65.7 Å². The predicted molar refractivity (Wildman–Crippen MR) is 121 cm³/mol. The highest BCUT2D eigenvalue weighted by molar-refractivity contribution is 5.99. The first-order chi connectivity index (χ1) is 15.9. The van der Waals surface area contributed by atoms with Gasteiger partial charge >= 0.3 is 5.97 Å². The number of unbranched alkanes of at least 4 members (excludes halogenated alkanes) is 3. The van der Waals surface area contributed by atoms with Crippen molar-refractivity contribution in [2.24, 2.45) is 0 Å². The zero-order chi connectivity index (χ0) is 24.1. The predicted octanol–water partition coefficient (Wildman–Crippen LogP) is 3.12. The molecule has 4 N–H and O–H groups in total. The Balaban J connectivity index is 1.88. The van der Waals surface area contributed by atoms with Gasteiger partial charge in [-0.1, -0.05) is 49.2 Å². The van der Waals surface area contributed by atoms with Gasteiger partial charge in [0.25, 0.3) is 5.91 Å². The van der Waals surface area contributed by atoms with E-state index in [1.807, 2.05) is 6.07 Å². The number of ether oxygens (including phenoxy) is 1. The molecule has 0 fully saturated rings. The Bertz CT molecular complexity index is 948. The van der Waals surface area contributed by atoms with Gasteiger partial charge in [-0.05, 0) is 36.6 Å². The second-order valence-electron chi connectivity index (χ2n) is 7.42. The molecule has 0 radical (unpaired) electrons. The van der Waals surface area contributed by atoms with Gasteiger partial charge in [0.15, 0.2) is 6.04 Å². The molecule has 9 heteroatoms. The van der Waals surface area contributed by atoms with Crippen molar-refractivity contribution in [2.45, 2.75) is 44.6 Å². The lowest BCUT2D eigenvalue weighted by atomic mass is 10.1. The number of hydroxylamine groups is 1. The summed E-state index contributed by atoms with van der Waals surface area (Å²) in [5.41, 5.74) is 2.95. The Morgan fingerprint density at radius 1 is 0.879 bits per heavy atom. The zero-order valence-electron chi connectivity index (χ0n) is 18.5. The molecule has 0 aliphatic rings. The minimum Gasteiger partial charge on any atom is -0.467 e. The van der Waals surface area contributed by atoms with Crippen molar-refractivity contribution >= 4 is 29.4 Å². The number of carbonyl (C=O) groups is 4. The smallest absolute Gasteiger partial charge is 0.333 e. The molecule has 2 rings (SSSR count). The first-order valence-corrected chi connectivity index (χ1v) is 10.7. The SMILES string of the molecule is COC(=O)[C@@H](NC(=O)c1cccc(NC(=O)CCCCCCC(=O)NO)c1)c1ccccc1. The average Bonchev–Trinajstić information content (AvgIpc) is 2.84. The van der Waals surface area contributed by atoms with Gasteiger partial charge in [-0.15, -0.1) is 0 Å². The third kappa shape index (κ3) is 8.74. The van der Waals surface area contributed by atoms with E-state index >= 15 is 0 Å². The van der Waals surface area contributed by atoms with Crippen LogP contribution in [0, 0.1) is 0 Å². The maximum absolute atomic E-state index is 12.8. The number of anilines is 1. The number of benzene rings is 2. The Morgan fingerprint density at radius 2 is 1.55 bits per heavy atom. The van der Waals surface area contributed by atoms with Crippen molar-refractivity contribution in [2.75, 3.05) is 12.4 Å². The minimum absolute atomic E-state index is 0.183. The summed E-state index contributed by atoms with van der Waals surface area (Å²) >= 11 is 0. The van der Waals surface area contributed by atoms with E-state index in [9.17, 15) is 19.2 Å². The molecular formula is C24H29N3O6. The van der Waals surface area contributed by atoms with E-state index in [0.29, 0.717) is 36.1 Å². The molecule has 1 atom stereocenters. The van der Waals surface area contributed by atoms with Crippen molar-refractivity contribution in [3.8, 4) is 0 Å². The van der Waals surface area contributed by atoms with Crippen LogP contribution >= 0.6 is 0 Å². The molecule has 0 heterocycles. The number of carbonyl (C=O) groups excluding carboxylic acids is 4. The van der Waals surface area contributed by atoms with E-state index in [1.165, 1.54) is 7.11 Å². The summed E-state index contributed by atoms with van der Waals surface area (Å²) in [5, 5.41) is 13.9. The fourth-order valence-electron chi connectivity index (χ4n) is 3.20. The highest BCUT2D eigenvalue weighted by atomic mass is 16.5. The summed E-state index contributed by atoms with van der Waals surface area (Å²) in [5.74, 6) is -1.66. The molecule has 33 heavy (non-hydrogen) atoms. The number of amides is 3. The molecule has 0 aliphatic heterocycles. The molecule has 2 aromatic carbocycles. The normalized spacial score (nSPS) is 11.2. The molecule has 176 valence electrons. The minimum atomic E-state index is -0.953. The quantitative estimate of drug-likeness (QED) is 0.168. The van der Waals surface area contributed by atoms with Gasteiger partial charge in [0.2, 0.25) is 11.8 Å². The number of hydrogen-bond acceptors (Lipinski definition) is 6. The zero-order valence-corrected chi connectivity index (χ0v) is 18.5. The molecule has 3 amide bonds. The van der Waals surface area contributed by atoms with E-state index in [-0.39, 0.29) is 12.3 Å². The van der Waals surface area contributed by atoms with Crippen LogP contribution in [0.2, 0.25) is 0 Å². The Labute approximate surface area is 192 Å². The Morgan fingerprint density at radius 3 is 2.18 bits per heavy atom. The summed E-state index contributed by atoms with van der Waals surface area (Å²) in [7, 11) is 1.26. The first kappa shape index (κ1) is 25.5. The van der Waals surface area contributed by atoms with E-state index in [4.69, 9.17) is 9.94 Å². The van der Waals surface area contributed by atoms with Crippen LogP contribution in [0.4, 0.5) is 5.69 Å². The van der Waals surface area contributed by atoms with Gasteiger partial charge in [0.05, 0.1) is 7.11 Å².